The molecule has 6 heteroatoms. The maximum absolute atomic E-state index is 13.3. The molecule has 0 spiro atoms. The molecule has 4 aromatic rings. The van der Waals surface area contributed by atoms with Crippen LogP contribution in [0.2, 0.25) is 0 Å². The zero-order valence-corrected chi connectivity index (χ0v) is 17.8. The molecule has 1 atom stereocenters. The number of aryl methyl sites for hydroxylation is 3. The van der Waals surface area contributed by atoms with E-state index in [2.05, 4.69) is 15.3 Å². The molecule has 1 unspecified atom stereocenters. The van der Waals surface area contributed by atoms with Crippen LogP contribution in [0.1, 0.15) is 51.9 Å². The van der Waals surface area contributed by atoms with Crippen LogP contribution in [-0.2, 0) is 19.9 Å². The fraction of sp³-hybridized carbons (Fsp3) is 0.280. The van der Waals surface area contributed by atoms with Gasteiger partial charge in [-0.25, -0.2) is 4.98 Å². The van der Waals surface area contributed by atoms with Crippen LogP contribution < -0.4 is 10.1 Å². The number of hydrogen-bond acceptors (Lipinski definition) is 3. The number of nitrogens with zero attached hydrogens (tertiary/aromatic N) is 2. The molecule has 0 saturated carbocycles. The van der Waals surface area contributed by atoms with Crippen molar-refractivity contribution in [3.8, 4) is 5.75 Å². The molecule has 158 valence electrons. The van der Waals surface area contributed by atoms with Gasteiger partial charge in [0.25, 0.3) is 5.91 Å². The number of methoxy groups -OCH3 is 1. The average molecular weight is 415 g/mol. The van der Waals surface area contributed by atoms with Gasteiger partial charge in [0.15, 0.2) is 0 Å². The van der Waals surface area contributed by atoms with Crippen LogP contribution in [0.4, 0.5) is 0 Å². The smallest absolute Gasteiger partial charge is 0.252 e. The number of amides is 1. The SMILES string of the molecule is COc1ccc(C(NC(=O)c2ccc3[nH]c4c(c3c2)CCCC4)c2nccn2C)cc1. The Kier molecular flexibility index (Phi) is 4.98. The van der Waals surface area contributed by atoms with Crippen molar-refractivity contribution in [1.82, 2.24) is 19.9 Å². The summed E-state index contributed by atoms with van der Waals surface area (Å²) in [5, 5.41) is 4.36. The minimum Gasteiger partial charge on any atom is -0.497 e. The predicted molar refractivity (Wildman–Crippen MR) is 120 cm³/mol. The van der Waals surface area contributed by atoms with Gasteiger partial charge in [0.05, 0.1) is 7.11 Å². The lowest BCUT2D eigenvalue weighted by atomic mass is 9.95. The van der Waals surface area contributed by atoms with E-state index in [1.807, 2.05) is 60.3 Å². The molecular formula is C25H26N4O2. The lowest BCUT2D eigenvalue weighted by Gasteiger charge is -2.19. The zero-order valence-electron chi connectivity index (χ0n) is 17.8. The van der Waals surface area contributed by atoms with E-state index in [1.54, 1.807) is 13.3 Å². The van der Waals surface area contributed by atoms with Gasteiger partial charge in [-0.1, -0.05) is 12.1 Å². The molecule has 0 fully saturated rings. The summed E-state index contributed by atoms with van der Waals surface area (Å²) >= 11 is 0. The summed E-state index contributed by atoms with van der Waals surface area (Å²) in [4.78, 5) is 21.3. The highest BCUT2D eigenvalue weighted by molar-refractivity contribution is 5.99. The molecule has 2 N–H and O–H groups in total. The number of rotatable bonds is 5. The van der Waals surface area contributed by atoms with E-state index in [-0.39, 0.29) is 11.9 Å². The number of benzene rings is 2. The van der Waals surface area contributed by atoms with Crippen molar-refractivity contribution in [2.75, 3.05) is 7.11 Å². The Morgan fingerprint density at radius 2 is 1.97 bits per heavy atom. The Labute approximate surface area is 181 Å². The van der Waals surface area contributed by atoms with E-state index < -0.39 is 0 Å². The van der Waals surface area contributed by atoms with Gasteiger partial charge in [0.1, 0.15) is 17.6 Å². The number of fused-ring (bicyclic) bond motifs is 3. The summed E-state index contributed by atoms with van der Waals surface area (Å²) in [5.41, 5.74) is 5.41. The van der Waals surface area contributed by atoms with Gasteiger partial charge in [-0.15, -0.1) is 0 Å². The van der Waals surface area contributed by atoms with Crippen molar-refractivity contribution < 1.29 is 9.53 Å². The van der Waals surface area contributed by atoms with Gasteiger partial charge in [-0.3, -0.25) is 4.79 Å². The van der Waals surface area contributed by atoms with Crippen molar-refractivity contribution in [1.29, 1.82) is 0 Å². The number of hydrogen-bond donors (Lipinski definition) is 2. The second kappa shape index (κ2) is 7.95. The second-order valence-electron chi connectivity index (χ2n) is 8.13. The summed E-state index contributed by atoms with van der Waals surface area (Å²) < 4.78 is 7.21. The molecule has 1 amide bonds. The fourth-order valence-corrected chi connectivity index (χ4v) is 4.51. The largest absolute Gasteiger partial charge is 0.497 e. The normalized spacial score (nSPS) is 14.3. The number of ether oxygens (including phenoxy) is 1. The van der Waals surface area contributed by atoms with E-state index in [1.165, 1.54) is 29.5 Å². The molecule has 2 aromatic heterocycles. The molecule has 1 aliphatic carbocycles. The van der Waals surface area contributed by atoms with Gasteiger partial charge >= 0.3 is 0 Å². The topological polar surface area (TPSA) is 71.9 Å². The number of aromatic amines is 1. The van der Waals surface area contributed by atoms with Crippen LogP contribution in [0.3, 0.4) is 0 Å². The highest BCUT2D eigenvalue weighted by Crippen LogP contribution is 2.30. The summed E-state index contributed by atoms with van der Waals surface area (Å²) in [6.07, 6.45) is 8.22. The zero-order chi connectivity index (χ0) is 21.4. The van der Waals surface area contributed by atoms with Crippen LogP contribution in [-0.4, -0.2) is 27.6 Å². The van der Waals surface area contributed by atoms with E-state index in [4.69, 9.17) is 4.74 Å². The van der Waals surface area contributed by atoms with Crippen LogP contribution >= 0.6 is 0 Å². The molecule has 5 rings (SSSR count). The monoisotopic (exact) mass is 414 g/mol. The minimum atomic E-state index is -0.366. The number of carbonyl (C=O) groups is 1. The van der Waals surface area contributed by atoms with E-state index >= 15 is 0 Å². The molecule has 0 bridgehead atoms. The fourth-order valence-electron chi connectivity index (χ4n) is 4.51. The van der Waals surface area contributed by atoms with E-state index in [0.717, 1.165) is 35.5 Å². The third kappa shape index (κ3) is 3.58. The Morgan fingerprint density at radius 3 is 2.71 bits per heavy atom. The van der Waals surface area contributed by atoms with Crippen molar-refractivity contribution >= 4 is 16.8 Å². The average Bonchev–Trinajstić information content (AvgIpc) is 3.40. The van der Waals surface area contributed by atoms with Crippen molar-refractivity contribution in [2.45, 2.75) is 31.7 Å². The van der Waals surface area contributed by atoms with Gasteiger partial charge < -0.3 is 19.6 Å². The first-order valence-electron chi connectivity index (χ1n) is 10.7. The quantitative estimate of drug-likeness (QED) is 0.511. The first-order chi connectivity index (χ1) is 15.1. The standard InChI is InChI=1S/C25H26N4O2/c1-29-14-13-26-24(29)23(16-7-10-18(31-2)11-8-16)28-25(30)17-9-12-22-20(15-17)19-5-3-4-6-21(19)27-22/h7-15,23,27H,3-6H2,1-2H3,(H,28,30). The van der Waals surface area contributed by atoms with Gasteiger partial charge in [-0.2, -0.15) is 0 Å². The third-order valence-corrected chi connectivity index (χ3v) is 6.20. The van der Waals surface area contributed by atoms with Crippen molar-refractivity contribution in [2.24, 2.45) is 7.05 Å². The van der Waals surface area contributed by atoms with Crippen LogP contribution in [0.15, 0.2) is 54.9 Å². The summed E-state index contributed by atoms with van der Waals surface area (Å²) in [6, 6.07) is 13.3. The molecule has 0 aliphatic heterocycles. The number of aromatic nitrogens is 3. The predicted octanol–water partition coefficient (Wildman–Crippen LogP) is 4.31. The maximum atomic E-state index is 13.3. The van der Waals surface area contributed by atoms with Crippen molar-refractivity contribution in [3.63, 3.8) is 0 Å². The Bertz CT molecular complexity index is 1240. The molecule has 0 radical (unpaired) electrons. The lowest BCUT2D eigenvalue weighted by Crippen LogP contribution is -2.31. The summed E-state index contributed by atoms with van der Waals surface area (Å²) in [7, 11) is 3.58. The lowest BCUT2D eigenvalue weighted by molar-refractivity contribution is 0.0941. The Hall–Kier alpha value is -3.54. The number of H-pyrrole nitrogens is 1. The Balaban J connectivity index is 1.48. The molecule has 1 aliphatic rings. The number of carbonyl (C=O) groups excluding carboxylic acids is 1. The van der Waals surface area contributed by atoms with Gasteiger partial charge in [-0.05, 0) is 67.1 Å². The first-order valence-corrected chi connectivity index (χ1v) is 10.7. The molecule has 2 aromatic carbocycles. The van der Waals surface area contributed by atoms with Crippen LogP contribution in [0.25, 0.3) is 10.9 Å². The highest BCUT2D eigenvalue weighted by atomic mass is 16.5. The molecular weight excluding hydrogens is 388 g/mol. The van der Waals surface area contributed by atoms with Crippen molar-refractivity contribution in [3.05, 3.63) is 83.1 Å². The van der Waals surface area contributed by atoms with Crippen LogP contribution in [0.5, 0.6) is 5.75 Å². The highest BCUT2D eigenvalue weighted by Gasteiger charge is 2.23. The Morgan fingerprint density at radius 1 is 1.16 bits per heavy atom. The number of nitrogens with one attached hydrogen (secondary N) is 2. The van der Waals surface area contributed by atoms with Gasteiger partial charge in [0, 0.05) is 41.6 Å². The maximum Gasteiger partial charge on any atom is 0.252 e. The van der Waals surface area contributed by atoms with E-state index in [0.29, 0.717) is 5.56 Å². The molecule has 2 heterocycles. The molecule has 6 nitrogen and oxygen atoms in total. The van der Waals surface area contributed by atoms with Crippen LogP contribution in [0, 0.1) is 0 Å². The summed E-state index contributed by atoms with van der Waals surface area (Å²) in [6.45, 7) is 0. The second-order valence-corrected chi connectivity index (χ2v) is 8.13. The molecule has 31 heavy (non-hydrogen) atoms. The van der Waals surface area contributed by atoms with E-state index in [9.17, 15) is 4.79 Å². The third-order valence-electron chi connectivity index (χ3n) is 6.20. The van der Waals surface area contributed by atoms with Gasteiger partial charge in [0.2, 0.25) is 0 Å². The number of imidazole rings is 1. The first kappa shape index (κ1) is 19.4. The minimum absolute atomic E-state index is 0.114. The molecule has 0 saturated heterocycles. The summed E-state index contributed by atoms with van der Waals surface area (Å²) in [5.74, 6) is 1.44.